The van der Waals surface area contributed by atoms with Crippen LogP contribution in [0, 0.1) is 0 Å². The molecule has 1 heterocycles. The lowest BCUT2D eigenvalue weighted by Crippen LogP contribution is -2.20. The normalized spacial score (nSPS) is 14.3. The highest BCUT2D eigenvalue weighted by molar-refractivity contribution is 5.85. The lowest BCUT2D eigenvalue weighted by atomic mass is 9.99. The van der Waals surface area contributed by atoms with E-state index in [2.05, 4.69) is 13.5 Å². The molecule has 0 radical (unpaired) electrons. The fourth-order valence-electron chi connectivity index (χ4n) is 1.68. The molecule has 2 nitrogen and oxygen atoms in total. The lowest BCUT2D eigenvalue weighted by molar-refractivity contribution is -0.121. The van der Waals surface area contributed by atoms with Crippen LogP contribution in [0.25, 0.3) is 5.57 Å². The molecular weight excluding hydrogens is 188 g/mol. The fourth-order valence-corrected chi connectivity index (χ4v) is 1.68. The molecule has 0 fully saturated rings. The van der Waals surface area contributed by atoms with Crippen molar-refractivity contribution in [1.29, 1.82) is 0 Å². The van der Waals surface area contributed by atoms with Crippen molar-refractivity contribution in [2.24, 2.45) is 0 Å². The van der Waals surface area contributed by atoms with Crippen LogP contribution in [0.2, 0.25) is 0 Å². The van der Waals surface area contributed by atoms with E-state index in [0.29, 0.717) is 6.42 Å². The summed E-state index contributed by atoms with van der Waals surface area (Å²) >= 11 is 0. The van der Waals surface area contributed by atoms with Gasteiger partial charge in [-0.1, -0.05) is 25.6 Å². The summed E-state index contributed by atoms with van der Waals surface area (Å²) in [6, 6.07) is 5.95. The van der Waals surface area contributed by atoms with Gasteiger partial charge < -0.3 is 4.74 Å². The number of hydrogen-bond donors (Lipinski definition) is 0. The van der Waals surface area contributed by atoms with E-state index in [9.17, 15) is 4.79 Å². The van der Waals surface area contributed by atoms with Crippen LogP contribution >= 0.6 is 0 Å². The van der Waals surface area contributed by atoms with Crippen molar-refractivity contribution in [1.82, 2.24) is 0 Å². The second-order valence-corrected chi connectivity index (χ2v) is 3.78. The molecule has 2 rings (SSSR count). The van der Waals surface area contributed by atoms with Gasteiger partial charge in [-0.2, -0.15) is 0 Å². The predicted molar refractivity (Wildman–Crippen MR) is 60.0 cm³/mol. The minimum absolute atomic E-state index is 0.143. The summed E-state index contributed by atoms with van der Waals surface area (Å²) in [6.45, 7) is 6.26. The van der Waals surface area contributed by atoms with E-state index in [-0.39, 0.29) is 12.4 Å². The van der Waals surface area contributed by atoms with E-state index < -0.39 is 0 Å². The van der Waals surface area contributed by atoms with Gasteiger partial charge in [0.1, 0.15) is 12.4 Å². The Morgan fingerprint density at radius 3 is 3.07 bits per heavy atom. The number of ether oxygens (including phenoxy) is 1. The molecule has 0 spiro atoms. The largest absolute Gasteiger partial charge is 0.486 e. The number of fused-ring (bicyclic) bond motifs is 1. The van der Waals surface area contributed by atoms with Gasteiger partial charge in [0.05, 0.1) is 0 Å². The topological polar surface area (TPSA) is 26.3 Å². The van der Waals surface area contributed by atoms with E-state index in [0.717, 1.165) is 28.9 Å². The fraction of sp³-hybridized carbons (Fsp3) is 0.308. The Bertz CT molecular complexity index is 419. The summed E-state index contributed by atoms with van der Waals surface area (Å²) in [6.07, 6.45) is 1.42. The van der Waals surface area contributed by atoms with Crippen molar-refractivity contribution in [3.8, 4) is 5.75 Å². The molecule has 1 aliphatic rings. The van der Waals surface area contributed by atoms with Crippen LogP contribution in [0.4, 0.5) is 0 Å². The minimum atomic E-state index is 0.143. The molecular formula is C13H14O2. The number of rotatable bonds is 2. The van der Waals surface area contributed by atoms with Crippen LogP contribution in [-0.2, 0) is 11.2 Å². The molecule has 15 heavy (non-hydrogen) atoms. The molecule has 1 aliphatic heterocycles. The second-order valence-electron chi connectivity index (χ2n) is 3.78. The molecule has 0 aromatic heterocycles. The highest BCUT2D eigenvalue weighted by Crippen LogP contribution is 2.28. The molecule has 0 unspecified atom stereocenters. The molecule has 0 atom stereocenters. The molecule has 1 aromatic rings. The molecule has 0 bridgehead atoms. The number of hydrogen-bond acceptors (Lipinski definition) is 2. The van der Waals surface area contributed by atoms with Gasteiger partial charge in [0, 0.05) is 12.0 Å². The number of benzene rings is 1. The zero-order valence-electron chi connectivity index (χ0n) is 8.88. The van der Waals surface area contributed by atoms with Gasteiger partial charge in [-0.05, 0) is 23.6 Å². The predicted octanol–water partition coefficient (Wildman–Crippen LogP) is 2.61. The van der Waals surface area contributed by atoms with Crippen LogP contribution < -0.4 is 4.74 Å². The van der Waals surface area contributed by atoms with Gasteiger partial charge in [-0.25, -0.2) is 0 Å². The maximum atomic E-state index is 11.2. The first kappa shape index (κ1) is 9.97. The Hall–Kier alpha value is -1.57. The van der Waals surface area contributed by atoms with E-state index in [1.54, 1.807) is 0 Å². The van der Waals surface area contributed by atoms with Crippen LogP contribution in [0.1, 0.15) is 24.5 Å². The number of carbonyl (C=O) groups is 1. The van der Waals surface area contributed by atoms with Crippen LogP contribution in [-0.4, -0.2) is 12.4 Å². The van der Waals surface area contributed by atoms with Crippen LogP contribution in [0.3, 0.4) is 0 Å². The monoisotopic (exact) mass is 202 g/mol. The first-order chi connectivity index (χ1) is 7.20. The Labute approximate surface area is 89.6 Å². The summed E-state index contributed by atoms with van der Waals surface area (Å²) in [4.78, 5) is 11.2. The van der Waals surface area contributed by atoms with Crippen LogP contribution in [0.15, 0.2) is 24.8 Å². The van der Waals surface area contributed by atoms with Gasteiger partial charge in [-0.15, -0.1) is 0 Å². The first-order valence-electron chi connectivity index (χ1n) is 5.16. The molecule has 2 heteroatoms. The highest BCUT2D eigenvalue weighted by Gasteiger charge is 2.16. The Morgan fingerprint density at radius 1 is 1.53 bits per heavy atom. The summed E-state index contributed by atoms with van der Waals surface area (Å²) in [5.74, 6) is 0.978. The Balaban J connectivity index is 2.34. The van der Waals surface area contributed by atoms with Crippen molar-refractivity contribution >= 4 is 11.4 Å². The van der Waals surface area contributed by atoms with E-state index in [4.69, 9.17) is 4.74 Å². The molecule has 1 aromatic carbocycles. The summed E-state index contributed by atoms with van der Waals surface area (Å²) < 4.78 is 5.38. The van der Waals surface area contributed by atoms with Gasteiger partial charge in [0.15, 0.2) is 5.78 Å². The standard InChI is InChI=1S/C13H14O2/c1-3-9(2)10-4-5-11-6-12(14)8-15-13(11)7-10/h4-5,7H,2-3,6,8H2,1H3. The summed E-state index contributed by atoms with van der Waals surface area (Å²) in [5, 5.41) is 0. The van der Waals surface area contributed by atoms with E-state index in [1.807, 2.05) is 18.2 Å². The minimum Gasteiger partial charge on any atom is -0.486 e. The van der Waals surface area contributed by atoms with Crippen molar-refractivity contribution in [2.45, 2.75) is 19.8 Å². The quantitative estimate of drug-likeness (QED) is 0.736. The molecule has 0 amide bonds. The molecule has 0 saturated heterocycles. The summed E-state index contributed by atoms with van der Waals surface area (Å²) in [5.41, 5.74) is 3.18. The maximum Gasteiger partial charge on any atom is 0.174 e. The third-order valence-electron chi connectivity index (χ3n) is 2.68. The maximum absolute atomic E-state index is 11.2. The number of Topliss-reactive ketones (excluding diaryl/α,β-unsaturated/α-hetero) is 1. The second kappa shape index (κ2) is 3.89. The third kappa shape index (κ3) is 1.94. The van der Waals surface area contributed by atoms with Crippen molar-refractivity contribution < 1.29 is 9.53 Å². The van der Waals surface area contributed by atoms with Gasteiger partial charge >= 0.3 is 0 Å². The van der Waals surface area contributed by atoms with E-state index in [1.165, 1.54) is 0 Å². The molecule has 0 aliphatic carbocycles. The van der Waals surface area contributed by atoms with Crippen molar-refractivity contribution in [3.05, 3.63) is 35.9 Å². The molecule has 78 valence electrons. The average molecular weight is 202 g/mol. The lowest BCUT2D eigenvalue weighted by Gasteiger charge is -2.17. The number of carbonyl (C=O) groups excluding carboxylic acids is 1. The SMILES string of the molecule is C=C(CC)c1ccc2c(c1)OCC(=O)C2. The molecule has 0 N–H and O–H groups in total. The zero-order valence-corrected chi connectivity index (χ0v) is 8.88. The summed E-state index contributed by atoms with van der Waals surface area (Å²) in [7, 11) is 0. The number of ketones is 1. The first-order valence-corrected chi connectivity index (χ1v) is 5.16. The highest BCUT2D eigenvalue weighted by atomic mass is 16.5. The smallest absolute Gasteiger partial charge is 0.174 e. The van der Waals surface area contributed by atoms with Crippen molar-refractivity contribution in [2.75, 3.05) is 6.61 Å². The average Bonchev–Trinajstić information content (AvgIpc) is 2.27. The Kier molecular flexibility index (Phi) is 2.58. The van der Waals surface area contributed by atoms with Crippen molar-refractivity contribution in [3.63, 3.8) is 0 Å². The van der Waals surface area contributed by atoms with Gasteiger partial charge in [0.25, 0.3) is 0 Å². The van der Waals surface area contributed by atoms with Gasteiger partial charge in [-0.3, -0.25) is 4.79 Å². The van der Waals surface area contributed by atoms with Crippen LogP contribution in [0.5, 0.6) is 5.75 Å². The van der Waals surface area contributed by atoms with Gasteiger partial charge in [0.2, 0.25) is 0 Å². The third-order valence-corrected chi connectivity index (χ3v) is 2.68. The zero-order chi connectivity index (χ0) is 10.8. The van der Waals surface area contributed by atoms with E-state index >= 15 is 0 Å². The number of allylic oxidation sites excluding steroid dienone is 1. The Morgan fingerprint density at radius 2 is 2.33 bits per heavy atom. The molecule has 0 saturated carbocycles.